The molecule has 29 heavy (non-hydrogen) atoms. The summed E-state index contributed by atoms with van der Waals surface area (Å²) in [4.78, 5) is 32.1. The molecular formula is C23H29N3O3. The highest BCUT2D eigenvalue weighted by Gasteiger charge is 2.26. The van der Waals surface area contributed by atoms with Crippen molar-refractivity contribution in [3.63, 3.8) is 0 Å². The summed E-state index contributed by atoms with van der Waals surface area (Å²) in [7, 11) is 2.03. The summed E-state index contributed by atoms with van der Waals surface area (Å²) in [5, 5.41) is 3.72. The second kappa shape index (κ2) is 8.91. The molecule has 1 aromatic heterocycles. The summed E-state index contributed by atoms with van der Waals surface area (Å²) < 4.78 is 5.44. The molecule has 1 N–H and O–H groups in total. The third-order valence-electron chi connectivity index (χ3n) is 6.09. The number of fused-ring (bicyclic) bond motifs is 2. The first-order chi connectivity index (χ1) is 14.1. The average Bonchev–Trinajstić information content (AvgIpc) is 2.75. The first kappa shape index (κ1) is 19.8. The Morgan fingerprint density at radius 3 is 2.83 bits per heavy atom. The van der Waals surface area contributed by atoms with Crippen LogP contribution in [-0.4, -0.2) is 48.5 Å². The molecule has 1 saturated carbocycles. The third kappa shape index (κ3) is 4.58. The molecule has 2 heterocycles. The fraction of sp³-hybridized carbons (Fsp3) is 0.522. The molecule has 1 amide bonds. The van der Waals surface area contributed by atoms with E-state index in [0.717, 1.165) is 35.1 Å². The minimum absolute atomic E-state index is 0.228. The first-order valence-corrected chi connectivity index (χ1v) is 10.6. The SMILES string of the molecule is CN1CCc2nc3ccccc3c(C(=O)OCC(=O)NCC3CCCCC3)c2C1. The number of hydrogen-bond donors (Lipinski definition) is 1. The van der Waals surface area contributed by atoms with Gasteiger partial charge in [-0.05, 0) is 31.9 Å². The molecule has 6 nitrogen and oxygen atoms in total. The zero-order chi connectivity index (χ0) is 20.2. The van der Waals surface area contributed by atoms with Crippen molar-refractivity contribution in [2.24, 2.45) is 5.92 Å². The Balaban J connectivity index is 1.46. The topological polar surface area (TPSA) is 71.5 Å². The van der Waals surface area contributed by atoms with E-state index in [0.29, 0.717) is 24.6 Å². The highest BCUT2D eigenvalue weighted by atomic mass is 16.5. The maximum Gasteiger partial charge on any atom is 0.339 e. The monoisotopic (exact) mass is 395 g/mol. The Morgan fingerprint density at radius 1 is 1.21 bits per heavy atom. The van der Waals surface area contributed by atoms with E-state index < -0.39 is 5.97 Å². The molecule has 6 heteroatoms. The van der Waals surface area contributed by atoms with Crippen molar-refractivity contribution < 1.29 is 14.3 Å². The summed E-state index contributed by atoms with van der Waals surface area (Å²) in [6.45, 7) is 2.00. The maximum absolute atomic E-state index is 13.0. The van der Waals surface area contributed by atoms with Crippen molar-refractivity contribution in [3.05, 3.63) is 41.1 Å². The Labute approximate surface area is 171 Å². The minimum atomic E-state index is -0.442. The van der Waals surface area contributed by atoms with Crippen LogP contribution >= 0.6 is 0 Å². The molecule has 0 spiro atoms. The van der Waals surface area contributed by atoms with Crippen LogP contribution in [0.2, 0.25) is 0 Å². The molecule has 0 saturated heterocycles. The van der Waals surface area contributed by atoms with Gasteiger partial charge in [0.2, 0.25) is 0 Å². The second-order valence-electron chi connectivity index (χ2n) is 8.30. The number of pyridine rings is 1. The molecule has 4 rings (SSSR count). The number of carbonyl (C=O) groups excluding carboxylic acids is 2. The number of para-hydroxylation sites is 1. The van der Waals surface area contributed by atoms with E-state index in [9.17, 15) is 9.59 Å². The summed E-state index contributed by atoms with van der Waals surface area (Å²) in [6, 6.07) is 7.64. The van der Waals surface area contributed by atoms with Crippen LogP contribution in [-0.2, 0) is 22.5 Å². The average molecular weight is 396 g/mol. The van der Waals surface area contributed by atoms with Crippen LogP contribution in [0.1, 0.15) is 53.7 Å². The van der Waals surface area contributed by atoms with Crippen LogP contribution in [0.15, 0.2) is 24.3 Å². The molecule has 0 bridgehead atoms. The normalized spacial score (nSPS) is 17.7. The molecule has 0 radical (unpaired) electrons. The van der Waals surface area contributed by atoms with Crippen molar-refractivity contribution in [3.8, 4) is 0 Å². The van der Waals surface area contributed by atoms with Gasteiger partial charge in [0.25, 0.3) is 5.91 Å². The Hall–Kier alpha value is -2.47. The van der Waals surface area contributed by atoms with Crippen molar-refractivity contribution in [1.29, 1.82) is 0 Å². The molecule has 2 aliphatic rings. The highest BCUT2D eigenvalue weighted by molar-refractivity contribution is 6.05. The van der Waals surface area contributed by atoms with Crippen molar-refractivity contribution in [2.45, 2.75) is 45.1 Å². The number of benzene rings is 1. The number of nitrogens with zero attached hydrogens (tertiary/aromatic N) is 2. The zero-order valence-electron chi connectivity index (χ0n) is 17.1. The van der Waals surface area contributed by atoms with E-state index in [1.165, 1.54) is 32.1 Å². The van der Waals surface area contributed by atoms with Gasteiger partial charge in [0, 0.05) is 42.7 Å². The third-order valence-corrected chi connectivity index (χ3v) is 6.09. The number of rotatable bonds is 5. The maximum atomic E-state index is 13.0. The van der Waals surface area contributed by atoms with Crippen molar-refractivity contribution >= 4 is 22.8 Å². The molecule has 1 aromatic carbocycles. The quantitative estimate of drug-likeness (QED) is 0.788. The lowest BCUT2D eigenvalue weighted by atomic mass is 9.89. The minimum Gasteiger partial charge on any atom is -0.452 e. The van der Waals surface area contributed by atoms with E-state index in [2.05, 4.69) is 10.2 Å². The summed E-state index contributed by atoms with van der Waals surface area (Å²) >= 11 is 0. The summed E-state index contributed by atoms with van der Waals surface area (Å²) in [5.41, 5.74) is 3.22. The van der Waals surface area contributed by atoms with E-state index in [1.54, 1.807) is 0 Å². The Morgan fingerprint density at radius 2 is 2.00 bits per heavy atom. The fourth-order valence-electron chi connectivity index (χ4n) is 4.46. The standard InChI is InChI=1S/C23H29N3O3/c1-26-12-11-20-18(14-26)22(17-9-5-6-10-19(17)25-20)23(28)29-15-21(27)24-13-16-7-3-2-4-8-16/h5-6,9-10,16H,2-4,7-8,11-15H2,1H3,(H,24,27). The van der Waals surface area contributed by atoms with Crippen LogP contribution in [0, 0.1) is 5.92 Å². The zero-order valence-corrected chi connectivity index (χ0v) is 17.1. The van der Waals surface area contributed by atoms with Gasteiger partial charge in [-0.1, -0.05) is 37.5 Å². The van der Waals surface area contributed by atoms with Crippen LogP contribution in [0.3, 0.4) is 0 Å². The molecule has 2 aromatic rings. The number of nitrogens with one attached hydrogen (secondary N) is 1. The van der Waals surface area contributed by atoms with Gasteiger partial charge in [-0.3, -0.25) is 9.78 Å². The lowest BCUT2D eigenvalue weighted by Gasteiger charge is -2.26. The molecule has 1 aliphatic heterocycles. The molecular weight excluding hydrogens is 366 g/mol. The number of esters is 1. The van der Waals surface area contributed by atoms with Crippen molar-refractivity contribution in [1.82, 2.24) is 15.2 Å². The van der Waals surface area contributed by atoms with Gasteiger partial charge in [0.05, 0.1) is 11.1 Å². The predicted molar refractivity (Wildman–Crippen MR) is 112 cm³/mol. The van der Waals surface area contributed by atoms with E-state index >= 15 is 0 Å². The van der Waals surface area contributed by atoms with Crippen LogP contribution in [0.5, 0.6) is 0 Å². The summed E-state index contributed by atoms with van der Waals surface area (Å²) in [5.74, 6) is -0.119. The summed E-state index contributed by atoms with van der Waals surface area (Å²) in [6.07, 6.45) is 6.92. The molecule has 154 valence electrons. The highest BCUT2D eigenvalue weighted by Crippen LogP contribution is 2.28. The molecule has 1 fully saturated rings. The number of hydrogen-bond acceptors (Lipinski definition) is 5. The first-order valence-electron chi connectivity index (χ1n) is 10.6. The van der Waals surface area contributed by atoms with Gasteiger partial charge in [0.15, 0.2) is 6.61 Å². The van der Waals surface area contributed by atoms with Gasteiger partial charge in [-0.2, -0.15) is 0 Å². The Kier molecular flexibility index (Phi) is 6.09. The lowest BCUT2D eigenvalue weighted by molar-refractivity contribution is -0.124. The fourth-order valence-corrected chi connectivity index (χ4v) is 4.46. The van der Waals surface area contributed by atoms with Gasteiger partial charge in [-0.15, -0.1) is 0 Å². The molecule has 0 atom stereocenters. The van der Waals surface area contributed by atoms with Gasteiger partial charge < -0.3 is 15.0 Å². The van der Waals surface area contributed by atoms with Crippen LogP contribution < -0.4 is 5.32 Å². The molecule has 1 aliphatic carbocycles. The number of ether oxygens (including phenoxy) is 1. The second-order valence-corrected chi connectivity index (χ2v) is 8.30. The lowest BCUT2D eigenvalue weighted by Crippen LogP contribution is -2.34. The van der Waals surface area contributed by atoms with Crippen LogP contribution in [0.4, 0.5) is 0 Å². The van der Waals surface area contributed by atoms with E-state index in [1.807, 2.05) is 31.3 Å². The van der Waals surface area contributed by atoms with E-state index in [4.69, 9.17) is 9.72 Å². The van der Waals surface area contributed by atoms with Gasteiger partial charge in [0.1, 0.15) is 0 Å². The van der Waals surface area contributed by atoms with Gasteiger partial charge >= 0.3 is 5.97 Å². The predicted octanol–water partition coefficient (Wildman–Crippen LogP) is 3.08. The number of aromatic nitrogens is 1. The van der Waals surface area contributed by atoms with Crippen LogP contribution in [0.25, 0.3) is 10.9 Å². The smallest absolute Gasteiger partial charge is 0.339 e. The number of likely N-dealkylation sites (N-methyl/N-ethyl adjacent to an activating group) is 1. The number of amides is 1. The Bertz CT molecular complexity index is 906. The number of carbonyl (C=O) groups is 2. The molecule has 0 unspecified atom stereocenters. The van der Waals surface area contributed by atoms with E-state index in [-0.39, 0.29) is 12.5 Å². The van der Waals surface area contributed by atoms with Gasteiger partial charge in [-0.25, -0.2) is 4.79 Å². The van der Waals surface area contributed by atoms with Crippen molar-refractivity contribution in [2.75, 3.05) is 26.7 Å². The largest absolute Gasteiger partial charge is 0.452 e.